The highest BCUT2D eigenvalue weighted by molar-refractivity contribution is 5.94. The number of esters is 1. The maximum atomic E-state index is 13.3. The second-order valence-electron chi connectivity index (χ2n) is 8.04. The zero-order valence-electron chi connectivity index (χ0n) is 17.4. The van der Waals surface area contributed by atoms with Gasteiger partial charge < -0.3 is 9.64 Å². The Balaban J connectivity index is 1.69. The van der Waals surface area contributed by atoms with Crippen LogP contribution in [0.5, 0.6) is 0 Å². The molecule has 0 bridgehead atoms. The lowest BCUT2D eigenvalue weighted by molar-refractivity contribution is 0.0203. The number of nitrogens with zero attached hydrogens (tertiary/aromatic N) is 1. The number of carbonyl (C=O) groups is 2. The third-order valence-electron chi connectivity index (χ3n) is 5.69. The second-order valence-corrected chi connectivity index (χ2v) is 8.04. The Bertz CT molecular complexity index is 784. The van der Waals surface area contributed by atoms with Crippen molar-refractivity contribution in [1.82, 2.24) is 4.90 Å². The summed E-state index contributed by atoms with van der Waals surface area (Å²) in [5, 5.41) is 0. The fraction of sp³-hybridized carbons (Fsp3) is 0.440. The van der Waals surface area contributed by atoms with Crippen LogP contribution in [0, 0.1) is 0 Å². The summed E-state index contributed by atoms with van der Waals surface area (Å²) < 4.78 is 5.65. The highest BCUT2D eigenvalue weighted by Gasteiger charge is 2.31. The molecule has 0 aliphatic heterocycles. The van der Waals surface area contributed by atoms with Gasteiger partial charge in [-0.3, -0.25) is 4.79 Å². The first-order valence-electron chi connectivity index (χ1n) is 10.7. The van der Waals surface area contributed by atoms with Crippen LogP contribution in [0.1, 0.15) is 73.1 Å². The number of ether oxygens (including phenoxy) is 1. The Morgan fingerprint density at radius 2 is 1.45 bits per heavy atom. The molecule has 2 aromatic rings. The predicted molar refractivity (Wildman–Crippen MR) is 115 cm³/mol. The summed E-state index contributed by atoms with van der Waals surface area (Å²) in [6, 6.07) is 18.8. The fourth-order valence-electron chi connectivity index (χ4n) is 4.28. The molecule has 0 heterocycles. The van der Waals surface area contributed by atoms with E-state index in [0.717, 1.165) is 31.2 Å². The molecular formula is C25H31NO3. The van der Waals surface area contributed by atoms with Gasteiger partial charge in [-0.2, -0.15) is 0 Å². The number of rotatable bonds is 7. The molecule has 2 unspecified atom stereocenters. The van der Waals surface area contributed by atoms with E-state index in [4.69, 9.17) is 4.74 Å². The lowest BCUT2D eigenvalue weighted by Crippen LogP contribution is -2.48. The molecule has 29 heavy (non-hydrogen) atoms. The summed E-state index contributed by atoms with van der Waals surface area (Å²) in [5.74, 6) is -0.240. The van der Waals surface area contributed by atoms with Crippen molar-refractivity contribution < 1.29 is 14.3 Å². The van der Waals surface area contributed by atoms with Gasteiger partial charge in [0.05, 0.1) is 5.56 Å². The molecular weight excluding hydrogens is 362 g/mol. The van der Waals surface area contributed by atoms with E-state index in [1.165, 1.54) is 6.42 Å². The van der Waals surface area contributed by atoms with E-state index < -0.39 is 0 Å². The quantitative estimate of drug-likeness (QED) is 0.585. The minimum Gasteiger partial charge on any atom is -0.459 e. The first-order chi connectivity index (χ1) is 14.1. The number of hydrogen-bond donors (Lipinski definition) is 0. The van der Waals surface area contributed by atoms with Crippen LogP contribution in [0.15, 0.2) is 60.7 Å². The first kappa shape index (κ1) is 21.1. The normalized spacial score (nSPS) is 16.6. The molecule has 1 aliphatic carbocycles. The van der Waals surface area contributed by atoms with Crippen LogP contribution in [0.2, 0.25) is 0 Å². The average molecular weight is 394 g/mol. The van der Waals surface area contributed by atoms with Gasteiger partial charge in [-0.15, -0.1) is 0 Å². The molecule has 154 valence electrons. The van der Waals surface area contributed by atoms with Crippen molar-refractivity contribution in [3.05, 3.63) is 71.8 Å². The standard InChI is InChI=1S/C25H31NO3/c1-19(18-20(2)29-25(28)22-14-8-4-9-15-22)26(23-16-10-5-11-17-23)24(27)21-12-6-3-7-13-21/h3-4,6-9,12-15,19-20,23H,5,10-11,16-18H2,1-2H3. The lowest BCUT2D eigenvalue weighted by Gasteiger charge is -2.39. The van der Waals surface area contributed by atoms with Crippen LogP contribution >= 0.6 is 0 Å². The number of amides is 1. The zero-order chi connectivity index (χ0) is 20.6. The highest BCUT2D eigenvalue weighted by atomic mass is 16.5. The molecule has 0 N–H and O–H groups in total. The van der Waals surface area contributed by atoms with Crippen molar-refractivity contribution in [3.8, 4) is 0 Å². The van der Waals surface area contributed by atoms with E-state index in [1.807, 2.05) is 60.4 Å². The Hall–Kier alpha value is -2.62. The molecule has 1 fully saturated rings. The van der Waals surface area contributed by atoms with Gasteiger partial charge in [0.15, 0.2) is 0 Å². The van der Waals surface area contributed by atoms with E-state index in [0.29, 0.717) is 12.0 Å². The van der Waals surface area contributed by atoms with Crippen LogP contribution in [0.25, 0.3) is 0 Å². The van der Waals surface area contributed by atoms with Crippen molar-refractivity contribution in [3.63, 3.8) is 0 Å². The van der Waals surface area contributed by atoms with E-state index in [2.05, 4.69) is 6.92 Å². The molecule has 4 nitrogen and oxygen atoms in total. The minimum absolute atomic E-state index is 0.00983. The third-order valence-corrected chi connectivity index (χ3v) is 5.69. The molecule has 4 heteroatoms. The summed E-state index contributed by atoms with van der Waals surface area (Å²) >= 11 is 0. The zero-order valence-corrected chi connectivity index (χ0v) is 17.4. The van der Waals surface area contributed by atoms with Crippen molar-refractivity contribution in [2.45, 2.75) is 70.6 Å². The van der Waals surface area contributed by atoms with Gasteiger partial charge in [-0.1, -0.05) is 55.7 Å². The van der Waals surface area contributed by atoms with Crippen LogP contribution < -0.4 is 0 Å². The molecule has 2 atom stereocenters. The van der Waals surface area contributed by atoms with Crippen molar-refractivity contribution >= 4 is 11.9 Å². The first-order valence-corrected chi connectivity index (χ1v) is 10.7. The number of benzene rings is 2. The minimum atomic E-state index is -0.316. The SMILES string of the molecule is CC(CC(C)N(C(=O)c1ccccc1)C1CCCCC1)OC(=O)c1ccccc1. The van der Waals surface area contributed by atoms with E-state index in [-0.39, 0.29) is 30.1 Å². The summed E-state index contributed by atoms with van der Waals surface area (Å²) in [6.45, 7) is 3.98. The summed E-state index contributed by atoms with van der Waals surface area (Å²) in [6.07, 6.45) is 6.00. The summed E-state index contributed by atoms with van der Waals surface area (Å²) in [5.41, 5.74) is 1.27. The van der Waals surface area contributed by atoms with Crippen molar-refractivity contribution in [2.24, 2.45) is 0 Å². The Kier molecular flexibility index (Phi) is 7.45. The Morgan fingerprint density at radius 3 is 2.03 bits per heavy atom. The number of hydrogen-bond acceptors (Lipinski definition) is 3. The molecule has 0 radical (unpaired) electrons. The van der Waals surface area contributed by atoms with Gasteiger partial charge in [0.2, 0.25) is 0 Å². The highest BCUT2D eigenvalue weighted by Crippen LogP contribution is 2.27. The van der Waals surface area contributed by atoms with Gasteiger partial charge in [0.25, 0.3) is 5.91 Å². The van der Waals surface area contributed by atoms with Crippen LogP contribution in [-0.2, 0) is 4.74 Å². The maximum Gasteiger partial charge on any atom is 0.338 e. The molecule has 1 amide bonds. The van der Waals surface area contributed by atoms with E-state index >= 15 is 0 Å². The molecule has 1 saturated carbocycles. The largest absolute Gasteiger partial charge is 0.459 e. The van der Waals surface area contributed by atoms with E-state index in [9.17, 15) is 9.59 Å². The monoisotopic (exact) mass is 393 g/mol. The van der Waals surface area contributed by atoms with Gasteiger partial charge in [0, 0.05) is 24.1 Å². The topological polar surface area (TPSA) is 46.6 Å². The summed E-state index contributed by atoms with van der Waals surface area (Å²) in [4.78, 5) is 27.7. The molecule has 0 aromatic heterocycles. The van der Waals surface area contributed by atoms with Crippen LogP contribution in [0.4, 0.5) is 0 Å². The van der Waals surface area contributed by atoms with E-state index in [1.54, 1.807) is 12.1 Å². The molecule has 2 aromatic carbocycles. The summed E-state index contributed by atoms with van der Waals surface area (Å²) in [7, 11) is 0. The van der Waals surface area contributed by atoms with Crippen molar-refractivity contribution in [1.29, 1.82) is 0 Å². The molecule has 1 aliphatic rings. The number of carbonyl (C=O) groups excluding carboxylic acids is 2. The van der Waals surface area contributed by atoms with Gasteiger partial charge in [0.1, 0.15) is 6.10 Å². The predicted octanol–water partition coefficient (Wildman–Crippen LogP) is 5.49. The van der Waals surface area contributed by atoms with Crippen molar-refractivity contribution in [2.75, 3.05) is 0 Å². The molecule has 0 saturated heterocycles. The van der Waals surface area contributed by atoms with Crippen LogP contribution in [-0.4, -0.2) is 35.0 Å². The fourth-order valence-corrected chi connectivity index (χ4v) is 4.28. The third kappa shape index (κ3) is 5.69. The smallest absolute Gasteiger partial charge is 0.338 e. The van der Waals surface area contributed by atoms with Gasteiger partial charge >= 0.3 is 5.97 Å². The second kappa shape index (κ2) is 10.2. The lowest BCUT2D eigenvalue weighted by atomic mass is 9.92. The average Bonchev–Trinajstić information content (AvgIpc) is 2.75. The van der Waals surface area contributed by atoms with Gasteiger partial charge in [-0.05, 0) is 51.0 Å². The maximum absolute atomic E-state index is 13.3. The van der Waals surface area contributed by atoms with Crippen LogP contribution in [0.3, 0.4) is 0 Å². The molecule has 0 spiro atoms. The Labute approximate surface area is 173 Å². The molecule has 3 rings (SSSR count). The van der Waals surface area contributed by atoms with Gasteiger partial charge in [-0.25, -0.2) is 4.79 Å². The Morgan fingerprint density at radius 1 is 0.897 bits per heavy atom.